The summed E-state index contributed by atoms with van der Waals surface area (Å²) in [4.78, 5) is 40.1. The smallest absolute Gasteiger partial charge is 0.337 e. The molecule has 0 unspecified atom stereocenters. The Morgan fingerprint density at radius 3 is 2.57 bits per heavy atom. The van der Waals surface area contributed by atoms with Gasteiger partial charge in [0.25, 0.3) is 5.56 Å². The Morgan fingerprint density at radius 2 is 1.93 bits per heavy atom. The molecule has 2 aliphatic rings. The van der Waals surface area contributed by atoms with Crippen LogP contribution in [0.3, 0.4) is 0 Å². The van der Waals surface area contributed by atoms with E-state index in [1.165, 1.54) is 4.57 Å². The van der Waals surface area contributed by atoms with E-state index in [1.54, 1.807) is 19.2 Å². The first-order chi connectivity index (χ1) is 13.4. The van der Waals surface area contributed by atoms with Gasteiger partial charge < -0.3 is 14.8 Å². The SMILES string of the molecule is COc1ccc([C@@H]2C3=C(COC3=O)Nc3c2c(=O)[nH]c(=O)n3CC(C)C)cc1. The van der Waals surface area contributed by atoms with E-state index in [1.807, 2.05) is 26.0 Å². The number of esters is 1. The summed E-state index contributed by atoms with van der Waals surface area (Å²) in [5, 5.41) is 3.12. The monoisotopic (exact) mass is 383 g/mol. The number of rotatable bonds is 4. The number of methoxy groups -OCH3 is 1. The summed E-state index contributed by atoms with van der Waals surface area (Å²) in [6.07, 6.45) is 0. The van der Waals surface area contributed by atoms with Crippen molar-refractivity contribution in [2.45, 2.75) is 26.3 Å². The Morgan fingerprint density at radius 1 is 1.21 bits per heavy atom. The number of H-pyrrole nitrogens is 1. The minimum Gasteiger partial charge on any atom is -0.497 e. The first-order valence-electron chi connectivity index (χ1n) is 9.08. The molecule has 0 spiro atoms. The molecule has 0 fully saturated rings. The molecule has 1 aromatic heterocycles. The van der Waals surface area contributed by atoms with E-state index in [0.29, 0.717) is 34.9 Å². The van der Waals surface area contributed by atoms with Crippen molar-refractivity contribution in [2.75, 3.05) is 19.0 Å². The highest BCUT2D eigenvalue weighted by atomic mass is 16.5. The lowest BCUT2D eigenvalue weighted by Crippen LogP contribution is -2.39. The van der Waals surface area contributed by atoms with Crippen LogP contribution in [0.5, 0.6) is 5.75 Å². The van der Waals surface area contributed by atoms with Gasteiger partial charge in [-0.15, -0.1) is 0 Å². The molecular formula is C20H21N3O5. The lowest BCUT2D eigenvalue weighted by Gasteiger charge is -2.28. The zero-order chi connectivity index (χ0) is 20.0. The number of carbonyl (C=O) groups excluding carboxylic acids is 1. The molecule has 0 saturated carbocycles. The summed E-state index contributed by atoms with van der Waals surface area (Å²) in [7, 11) is 1.57. The van der Waals surface area contributed by atoms with Gasteiger partial charge in [0.1, 0.15) is 18.2 Å². The third-order valence-electron chi connectivity index (χ3n) is 4.97. The molecule has 0 aliphatic carbocycles. The van der Waals surface area contributed by atoms with Crippen molar-refractivity contribution in [1.82, 2.24) is 9.55 Å². The van der Waals surface area contributed by atoms with E-state index in [2.05, 4.69) is 10.3 Å². The minimum atomic E-state index is -0.630. The fraction of sp³-hybridized carbons (Fsp3) is 0.350. The van der Waals surface area contributed by atoms with Crippen molar-refractivity contribution in [2.24, 2.45) is 5.92 Å². The van der Waals surface area contributed by atoms with Gasteiger partial charge in [-0.1, -0.05) is 26.0 Å². The van der Waals surface area contributed by atoms with Gasteiger partial charge >= 0.3 is 11.7 Å². The molecule has 8 heteroatoms. The fourth-order valence-corrected chi connectivity index (χ4v) is 3.76. The van der Waals surface area contributed by atoms with Gasteiger partial charge in [-0.2, -0.15) is 0 Å². The second kappa shape index (κ2) is 6.70. The first-order valence-corrected chi connectivity index (χ1v) is 9.08. The number of nitrogens with zero attached hydrogens (tertiary/aromatic N) is 1. The van der Waals surface area contributed by atoms with Crippen LogP contribution in [0.15, 0.2) is 45.1 Å². The highest BCUT2D eigenvalue weighted by molar-refractivity contribution is 5.96. The predicted octanol–water partition coefficient (Wildman–Crippen LogP) is 1.57. The van der Waals surface area contributed by atoms with Crippen LogP contribution in [-0.2, 0) is 16.1 Å². The lowest BCUT2D eigenvalue weighted by molar-refractivity contribution is -0.136. The van der Waals surface area contributed by atoms with Gasteiger partial charge in [0.15, 0.2) is 0 Å². The van der Waals surface area contributed by atoms with Gasteiger partial charge in [0.2, 0.25) is 0 Å². The maximum Gasteiger partial charge on any atom is 0.337 e. The van der Waals surface area contributed by atoms with Crippen molar-refractivity contribution in [3.63, 3.8) is 0 Å². The van der Waals surface area contributed by atoms with E-state index in [4.69, 9.17) is 9.47 Å². The quantitative estimate of drug-likeness (QED) is 0.777. The molecule has 4 rings (SSSR count). The van der Waals surface area contributed by atoms with Gasteiger partial charge in [0, 0.05) is 6.54 Å². The highest BCUT2D eigenvalue weighted by Crippen LogP contribution is 2.42. The molecule has 0 bridgehead atoms. The third kappa shape index (κ3) is 2.81. The number of hydrogen-bond donors (Lipinski definition) is 2. The number of hydrogen-bond acceptors (Lipinski definition) is 6. The maximum absolute atomic E-state index is 12.8. The van der Waals surface area contributed by atoms with Crippen molar-refractivity contribution >= 4 is 11.8 Å². The molecule has 146 valence electrons. The minimum absolute atomic E-state index is 0.0862. The van der Waals surface area contributed by atoms with Crippen LogP contribution in [0.4, 0.5) is 5.82 Å². The zero-order valence-electron chi connectivity index (χ0n) is 15.9. The second-order valence-electron chi connectivity index (χ2n) is 7.33. The third-order valence-corrected chi connectivity index (χ3v) is 4.97. The Bertz CT molecular complexity index is 1090. The number of aromatic amines is 1. The molecule has 1 aromatic carbocycles. The molecule has 3 heterocycles. The van der Waals surface area contributed by atoms with Gasteiger partial charge in [-0.25, -0.2) is 9.59 Å². The van der Waals surface area contributed by atoms with Crippen LogP contribution in [0.25, 0.3) is 0 Å². The van der Waals surface area contributed by atoms with Crippen LogP contribution < -0.4 is 21.3 Å². The van der Waals surface area contributed by atoms with E-state index >= 15 is 0 Å². The van der Waals surface area contributed by atoms with Gasteiger partial charge in [-0.05, 0) is 23.6 Å². The van der Waals surface area contributed by atoms with Crippen LogP contribution in [0.2, 0.25) is 0 Å². The summed E-state index contributed by atoms with van der Waals surface area (Å²) < 4.78 is 11.9. The Balaban J connectivity index is 1.98. The Labute approximate surface area is 160 Å². The van der Waals surface area contributed by atoms with Gasteiger partial charge in [-0.3, -0.25) is 14.3 Å². The van der Waals surface area contributed by atoms with Crippen molar-refractivity contribution in [1.29, 1.82) is 0 Å². The summed E-state index contributed by atoms with van der Waals surface area (Å²) in [6.45, 7) is 4.49. The molecule has 28 heavy (non-hydrogen) atoms. The average molecular weight is 383 g/mol. The van der Waals surface area contributed by atoms with E-state index in [9.17, 15) is 14.4 Å². The second-order valence-corrected chi connectivity index (χ2v) is 7.33. The number of ether oxygens (including phenoxy) is 2. The van der Waals surface area contributed by atoms with Crippen molar-refractivity contribution in [3.05, 3.63) is 67.5 Å². The molecule has 2 N–H and O–H groups in total. The summed E-state index contributed by atoms with van der Waals surface area (Å²) in [5.41, 5.74) is 1.07. The number of anilines is 1. The topological polar surface area (TPSA) is 102 Å². The highest BCUT2D eigenvalue weighted by Gasteiger charge is 2.41. The number of cyclic esters (lactones) is 1. The fourth-order valence-electron chi connectivity index (χ4n) is 3.76. The van der Waals surface area contributed by atoms with E-state index in [0.717, 1.165) is 5.56 Å². The first kappa shape index (κ1) is 18.1. The van der Waals surface area contributed by atoms with Crippen LogP contribution in [0, 0.1) is 5.92 Å². The number of fused-ring (bicyclic) bond motifs is 1. The molecule has 1 atom stereocenters. The van der Waals surface area contributed by atoms with Crippen LogP contribution in [-0.4, -0.2) is 29.2 Å². The summed E-state index contributed by atoms with van der Waals surface area (Å²) in [6, 6.07) is 7.17. The number of carbonyl (C=O) groups is 1. The molecule has 2 aromatic rings. The summed E-state index contributed by atoms with van der Waals surface area (Å²) >= 11 is 0. The maximum atomic E-state index is 12.8. The van der Waals surface area contributed by atoms with E-state index < -0.39 is 23.1 Å². The number of benzene rings is 1. The Kier molecular flexibility index (Phi) is 4.33. The molecule has 0 saturated heterocycles. The zero-order valence-corrected chi connectivity index (χ0v) is 15.9. The van der Waals surface area contributed by atoms with Gasteiger partial charge in [0.05, 0.1) is 29.9 Å². The average Bonchev–Trinajstić information content (AvgIpc) is 3.04. The molecule has 2 aliphatic heterocycles. The summed E-state index contributed by atoms with van der Waals surface area (Å²) in [5.74, 6) is 0.177. The molecule has 8 nitrogen and oxygen atoms in total. The standard InChI is InChI=1S/C20H21N3O5/c1-10(2)8-23-17-16(18(24)22-20(23)26)14(11-4-6-12(27-3)7-5-11)15-13(21-17)9-28-19(15)25/h4-7,10,14,21H,8-9H2,1-3H3,(H,22,24,26)/t14-/m1/s1. The molecule has 0 amide bonds. The van der Waals surface area contributed by atoms with Crippen molar-refractivity contribution < 1.29 is 14.3 Å². The lowest BCUT2D eigenvalue weighted by atomic mass is 9.82. The molecular weight excluding hydrogens is 362 g/mol. The van der Waals surface area contributed by atoms with Crippen LogP contribution in [0.1, 0.15) is 30.9 Å². The molecule has 0 radical (unpaired) electrons. The number of aromatic nitrogens is 2. The Hall–Kier alpha value is -3.29. The number of nitrogens with one attached hydrogen (secondary N) is 2. The largest absolute Gasteiger partial charge is 0.497 e. The van der Waals surface area contributed by atoms with Crippen LogP contribution >= 0.6 is 0 Å². The van der Waals surface area contributed by atoms with Crippen molar-refractivity contribution in [3.8, 4) is 5.75 Å². The van der Waals surface area contributed by atoms with E-state index in [-0.39, 0.29) is 12.5 Å². The normalized spacial score (nSPS) is 17.9. The predicted molar refractivity (Wildman–Crippen MR) is 103 cm³/mol.